The number of hydrogen-bond acceptors (Lipinski definition) is 3. The molecule has 0 atom stereocenters. The molecule has 25 heavy (non-hydrogen) atoms. The SMILES string of the molecule is CCNC(=NCC(=O)Nc1cccc(F)c1)NCCCn1cccn1. The van der Waals surface area contributed by atoms with E-state index in [0.29, 0.717) is 24.7 Å². The van der Waals surface area contributed by atoms with Crippen molar-refractivity contribution >= 4 is 17.6 Å². The normalized spacial score (nSPS) is 11.2. The van der Waals surface area contributed by atoms with Gasteiger partial charge in [0.05, 0.1) is 0 Å². The molecule has 2 aromatic rings. The average molecular weight is 346 g/mol. The fraction of sp³-hybridized carbons (Fsp3) is 0.353. The van der Waals surface area contributed by atoms with Gasteiger partial charge in [0.25, 0.3) is 0 Å². The van der Waals surface area contributed by atoms with E-state index in [1.165, 1.54) is 12.1 Å². The minimum Gasteiger partial charge on any atom is -0.357 e. The highest BCUT2D eigenvalue weighted by atomic mass is 19.1. The van der Waals surface area contributed by atoms with E-state index in [2.05, 4.69) is 26.0 Å². The number of nitrogens with one attached hydrogen (secondary N) is 3. The first-order chi connectivity index (χ1) is 12.2. The molecule has 0 saturated carbocycles. The monoisotopic (exact) mass is 346 g/mol. The van der Waals surface area contributed by atoms with Crippen molar-refractivity contribution in [2.45, 2.75) is 19.9 Å². The summed E-state index contributed by atoms with van der Waals surface area (Å²) in [5, 5.41) is 13.0. The Labute approximate surface area is 146 Å². The molecule has 134 valence electrons. The quantitative estimate of drug-likeness (QED) is 0.385. The molecule has 0 bridgehead atoms. The Morgan fingerprint density at radius 2 is 2.20 bits per heavy atom. The van der Waals surface area contributed by atoms with Gasteiger partial charge in [-0.15, -0.1) is 0 Å². The summed E-state index contributed by atoms with van der Waals surface area (Å²) in [5.41, 5.74) is 0.414. The molecule has 0 radical (unpaired) electrons. The van der Waals surface area contributed by atoms with Gasteiger partial charge in [0, 0.05) is 37.7 Å². The highest BCUT2D eigenvalue weighted by Gasteiger charge is 2.04. The van der Waals surface area contributed by atoms with Gasteiger partial charge in [-0.2, -0.15) is 5.10 Å². The third-order valence-corrected chi connectivity index (χ3v) is 3.25. The fourth-order valence-electron chi connectivity index (χ4n) is 2.14. The molecular formula is C17H23FN6O. The molecular weight excluding hydrogens is 323 g/mol. The van der Waals surface area contributed by atoms with Crippen LogP contribution in [0.4, 0.5) is 10.1 Å². The van der Waals surface area contributed by atoms with E-state index >= 15 is 0 Å². The third kappa shape index (κ3) is 7.03. The van der Waals surface area contributed by atoms with Gasteiger partial charge in [-0.3, -0.25) is 9.48 Å². The zero-order valence-electron chi connectivity index (χ0n) is 14.2. The first kappa shape index (κ1) is 18.4. The first-order valence-electron chi connectivity index (χ1n) is 8.22. The molecule has 0 saturated heterocycles. The number of carbonyl (C=O) groups excluding carboxylic acids is 1. The van der Waals surface area contributed by atoms with Crippen LogP contribution in [0.2, 0.25) is 0 Å². The number of amides is 1. The van der Waals surface area contributed by atoms with Crippen LogP contribution in [0.1, 0.15) is 13.3 Å². The molecule has 1 heterocycles. The number of hydrogen-bond donors (Lipinski definition) is 3. The Morgan fingerprint density at radius 3 is 2.92 bits per heavy atom. The maximum atomic E-state index is 13.1. The summed E-state index contributed by atoms with van der Waals surface area (Å²) in [6.07, 6.45) is 4.54. The number of benzene rings is 1. The maximum Gasteiger partial charge on any atom is 0.246 e. The zero-order valence-corrected chi connectivity index (χ0v) is 14.2. The van der Waals surface area contributed by atoms with E-state index < -0.39 is 5.82 Å². The number of rotatable bonds is 8. The predicted octanol–water partition coefficient (Wildman–Crippen LogP) is 1.61. The van der Waals surface area contributed by atoms with Crippen LogP contribution < -0.4 is 16.0 Å². The zero-order chi connectivity index (χ0) is 17.9. The highest BCUT2D eigenvalue weighted by Crippen LogP contribution is 2.08. The van der Waals surface area contributed by atoms with Gasteiger partial charge in [0.15, 0.2) is 5.96 Å². The van der Waals surface area contributed by atoms with Crippen molar-refractivity contribution in [3.63, 3.8) is 0 Å². The summed E-state index contributed by atoms with van der Waals surface area (Å²) in [4.78, 5) is 16.1. The number of halogens is 1. The number of aliphatic imine (C=N–C) groups is 1. The van der Waals surface area contributed by atoms with E-state index in [9.17, 15) is 9.18 Å². The van der Waals surface area contributed by atoms with Crippen LogP contribution in [-0.4, -0.2) is 41.3 Å². The summed E-state index contributed by atoms with van der Waals surface area (Å²) < 4.78 is 15.0. The standard InChI is InChI=1S/C17H23FN6O/c1-2-19-17(20-8-4-10-24-11-5-9-22-24)21-13-16(25)23-15-7-3-6-14(18)12-15/h3,5-7,9,11-12H,2,4,8,10,13H2,1H3,(H,23,25)(H2,19,20,21). The van der Waals surface area contributed by atoms with Gasteiger partial charge >= 0.3 is 0 Å². The van der Waals surface area contributed by atoms with Crippen LogP contribution in [0, 0.1) is 5.82 Å². The van der Waals surface area contributed by atoms with Crippen molar-refractivity contribution in [1.29, 1.82) is 0 Å². The van der Waals surface area contributed by atoms with Crippen molar-refractivity contribution in [2.24, 2.45) is 4.99 Å². The number of anilines is 1. The average Bonchev–Trinajstić information content (AvgIpc) is 3.10. The molecule has 1 aromatic carbocycles. The van der Waals surface area contributed by atoms with Gasteiger partial charge < -0.3 is 16.0 Å². The number of nitrogens with zero attached hydrogens (tertiary/aromatic N) is 3. The van der Waals surface area contributed by atoms with Gasteiger partial charge in [-0.05, 0) is 37.6 Å². The predicted molar refractivity (Wildman–Crippen MR) is 95.9 cm³/mol. The van der Waals surface area contributed by atoms with E-state index in [4.69, 9.17) is 0 Å². The first-order valence-corrected chi connectivity index (χ1v) is 8.22. The summed E-state index contributed by atoms with van der Waals surface area (Å²) >= 11 is 0. The van der Waals surface area contributed by atoms with Gasteiger partial charge in [0.2, 0.25) is 5.91 Å². The van der Waals surface area contributed by atoms with Gasteiger partial charge in [-0.25, -0.2) is 9.38 Å². The lowest BCUT2D eigenvalue weighted by atomic mass is 10.3. The molecule has 0 fully saturated rings. The fourth-order valence-corrected chi connectivity index (χ4v) is 2.14. The summed E-state index contributed by atoms with van der Waals surface area (Å²) in [6.45, 7) is 4.10. The third-order valence-electron chi connectivity index (χ3n) is 3.25. The lowest BCUT2D eigenvalue weighted by Gasteiger charge is -2.11. The number of aromatic nitrogens is 2. The van der Waals surface area contributed by atoms with E-state index in [-0.39, 0.29) is 12.5 Å². The van der Waals surface area contributed by atoms with E-state index in [0.717, 1.165) is 13.0 Å². The topological polar surface area (TPSA) is 83.3 Å². The van der Waals surface area contributed by atoms with Crippen LogP contribution in [0.25, 0.3) is 0 Å². The largest absolute Gasteiger partial charge is 0.357 e. The van der Waals surface area contributed by atoms with Crippen LogP contribution in [-0.2, 0) is 11.3 Å². The number of guanidine groups is 1. The molecule has 3 N–H and O–H groups in total. The van der Waals surface area contributed by atoms with Crippen molar-refractivity contribution < 1.29 is 9.18 Å². The van der Waals surface area contributed by atoms with Crippen molar-refractivity contribution in [2.75, 3.05) is 25.0 Å². The molecule has 1 amide bonds. The van der Waals surface area contributed by atoms with Crippen molar-refractivity contribution in [3.05, 3.63) is 48.5 Å². The Kier molecular flexibility index (Phi) is 7.42. The summed E-state index contributed by atoms with van der Waals surface area (Å²) in [7, 11) is 0. The molecule has 1 aromatic heterocycles. The molecule has 8 heteroatoms. The molecule has 7 nitrogen and oxygen atoms in total. The molecule has 0 aliphatic heterocycles. The van der Waals surface area contributed by atoms with Crippen LogP contribution >= 0.6 is 0 Å². The summed E-state index contributed by atoms with van der Waals surface area (Å²) in [5.74, 6) is -0.134. The number of aryl methyl sites for hydroxylation is 1. The second kappa shape index (κ2) is 10.1. The lowest BCUT2D eigenvalue weighted by molar-refractivity contribution is -0.114. The molecule has 2 rings (SSSR count). The summed E-state index contributed by atoms with van der Waals surface area (Å²) in [6, 6.07) is 7.64. The highest BCUT2D eigenvalue weighted by molar-refractivity contribution is 5.94. The van der Waals surface area contributed by atoms with Gasteiger partial charge in [-0.1, -0.05) is 6.07 Å². The Balaban J connectivity index is 1.76. The van der Waals surface area contributed by atoms with E-state index in [1.807, 2.05) is 23.9 Å². The van der Waals surface area contributed by atoms with Crippen LogP contribution in [0.15, 0.2) is 47.7 Å². The molecule has 0 unspecified atom stereocenters. The minimum atomic E-state index is -0.395. The van der Waals surface area contributed by atoms with Crippen LogP contribution in [0.3, 0.4) is 0 Å². The molecule has 0 spiro atoms. The minimum absolute atomic E-state index is 0.0506. The molecule has 0 aliphatic carbocycles. The van der Waals surface area contributed by atoms with Crippen molar-refractivity contribution in [3.8, 4) is 0 Å². The Bertz CT molecular complexity index is 686. The second-order valence-corrected chi connectivity index (χ2v) is 5.30. The van der Waals surface area contributed by atoms with E-state index in [1.54, 1.807) is 18.3 Å². The second-order valence-electron chi connectivity index (χ2n) is 5.30. The Hall–Kier alpha value is -2.90. The Morgan fingerprint density at radius 1 is 1.32 bits per heavy atom. The van der Waals surface area contributed by atoms with Gasteiger partial charge in [0.1, 0.15) is 12.4 Å². The maximum absolute atomic E-state index is 13.1. The van der Waals surface area contributed by atoms with Crippen LogP contribution in [0.5, 0.6) is 0 Å². The smallest absolute Gasteiger partial charge is 0.246 e. The lowest BCUT2D eigenvalue weighted by Crippen LogP contribution is -2.38. The van der Waals surface area contributed by atoms with Crippen molar-refractivity contribution in [1.82, 2.24) is 20.4 Å². The molecule has 0 aliphatic rings. The number of carbonyl (C=O) groups is 1.